The molecule has 0 spiro atoms. The molecule has 0 atom stereocenters. The van der Waals surface area contributed by atoms with Crippen LogP contribution in [0.4, 0.5) is 5.69 Å². The molecule has 0 bridgehead atoms. The third-order valence-electron chi connectivity index (χ3n) is 4.41. The molecule has 1 aromatic heterocycles. The van der Waals surface area contributed by atoms with E-state index < -0.39 is 0 Å². The van der Waals surface area contributed by atoms with E-state index in [4.69, 9.17) is 4.74 Å². The van der Waals surface area contributed by atoms with Gasteiger partial charge in [0.15, 0.2) is 0 Å². The van der Waals surface area contributed by atoms with E-state index in [0.29, 0.717) is 13.2 Å². The Balaban J connectivity index is 1.79. The van der Waals surface area contributed by atoms with Gasteiger partial charge in [0.25, 0.3) is 5.91 Å². The molecule has 0 N–H and O–H groups in total. The number of ether oxygens (including phenoxy) is 1. The van der Waals surface area contributed by atoms with E-state index in [1.54, 1.807) is 4.68 Å². The zero-order valence-corrected chi connectivity index (χ0v) is 14.1. The van der Waals surface area contributed by atoms with Crippen LogP contribution in [0.25, 0.3) is 11.1 Å². The van der Waals surface area contributed by atoms with Crippen LogP contribution in [0.5, 0.6) is 0 Å². The summed E-state index contributed by atoms with van der Waals surface area (Å²) in [7, 11) is 1.90. The highest BCUT2D eigenvalue weighted by Crippen LogP contribution is 2.34. The maximum Gasteiger partial charge on any atom is 0.253 e. The van der Waals surface area contributed by atoms with Crippen molar-refractivity contribution in [3.63, 3.8) is 0 Å². The minimum atomic E-state index is -0.0223. The van der Waals surface area contributed by atoms with Gasteiger partial charge in [0.05, 0.1) is 25.0 Å². The first-order chi connectivity index (χ1) is 12.2. The van der Waals surface area contributed by atoms with Crippen LogP contribution in [-0.2, 0) is 29.7 Å². The highest BCUT2D eigenvalue weighted by molar-refractivity contribution is 5.96. The average molecular weight is 333 g/mol. The second kappa shape index (κ2) is 6.53. The lowest BCUT2D eigenvalue weighted by Crippen LogP contribution is -2.32. The zero-order chi connectivity index (χ0) is 17.2. The van der Waals surface area contributed by atoms with Gasteiger partial charge >= 0.3 is 0 Å². The number of aryl methyl sites for hydroxylation is 1. The molecule has 5 heteroatoms. The lowest BCUT2D eigenvalue weighted by molar-refractivity contribution is -0.123. The quantitative estimate of drug-likeness (QED) is 0.740. The number of benzene rings is 2. The van der Waals surface area contributed by atoms with Crippen LogP contribution < -0.4 is 4.90 Å². The minimum Gasteiger partial charge on any atom is -0.367 e. The Morgan fingerprint density at radius 2 is 1.92 bits per heavy atom. The topological polar surface area (TPSA) is 47.4 Å². The molecule has 1 amide bonds. The van der Waals surface area contributed by atoms with Crippen LogP contribution in [0.2, 0.25) is 0 Å². The molecular formula is C20H19N3O2. The normalized spacial score (nSPS) is 14.3. The van der Waals surface area contributed by atoms with Crippen molar-refractivity contribution in [1.29, 1.82) is 0 Å². The molecule has 0 fully saturated rings. The summed E-state index contributed by atoms with van der Waals surface area (Å²) in [5, 5.41) is 4.26. The Hall–Kier alpha value is -2.92. The van der Waals surface area contributed by atoms with Crippen molar-refractivity contribution in [3.05, 3.63) is 72.1 Å². The van der Waals surface area contributed by atoms with Crippen LogP contribution >= 0.6 is 0 Å². The molecule has 1 aliphatic heterocycles. The molecule has 25 heavy (non-hydrogen) atoms. The summed E-state index contributed by atoms with van der Waals surface area (Å²) in [6, 6.07) is 16.0. The Bertz CT molecular complexity index is 902. The summed E-state index contributed by atoms with van der Waals surface area (Å²) in [4.78, 5) is 14.4. The lowest BCUT2D eigenvalue weighted by Gasteiger charge is -2.23. The zero-order valence-electron chi connectivity index (χ0n) is 14.1. The Kier molecular flexibility index (Phi) is 4.07. The van der Waals surface area contributed by atoms with Gasteiger partial charge in [-0.2, -0.15) is 5.10 Å². The van der Waals surface area contributed by atoms with E-state index in [1.807, 2.05) is 66.8 Å². The monoisotopic (exact) mass is 333 g/mol. The van der Waals surface area contributed by atoms with E-state index in [1.165, 1.54) is 0 Å². The molecule has 0 radical (unpaired) electrons. The van der Waals surface area contributed by atoms with Crippen molar-refractivity contribution in [1.82, 2.24) is 9.78 Å². The van der Waals surface area contributed by atoms with E-state index in [9.17, 15) is 4.79 Å². The van der Waals surface area contributed by atoms with Gasteiger partial charge < -0.3 is 9.64 Å². The van der Waals surface area contributed by atoms with Gasteiger partial charge in [0.2, 0.25) is 0 Å². The van der Waals surface area contributed by atoms with Gasteiger partial charge in [0, 0.05) is 24.4 Å². The van der Waals surface area contributed by atoms with Crippen LogP contribution in [0, 0.1) is 0 Å². The molecule has 2 aromatic carbocycles. The SMILES string of the molecule is Cn1cc(-c2cccc3c2COCC(=O)N3Cc2ccccc2)cn1. The number of fused-ring (bicyclic) bond motifs is 1. The summed E-state index contributed by atoms with van der Waals surface area (Å²) in [6.07, 6.45) is 3.81. The minimum absolute atomic E-state index is 0.0223. The van der Waals surface area contributed by atoms with Crippen molar-refractivity contribution in [3.8, 4) is 11.1 Å². The Labute approximate surface area is 146 Å². The molecule has 126 valence electrons. The number of nitrogens with zero attached hydrogens (tertiary/aromatic N) is 3. The first-order valence-electron chi connectivity index (χ1n) is 8.25. The second-order valence-electron chi connectivity index (χ2n) is 6.16. The first kappa shape index (κ1) is 15.6. The number of hydrogen-bond acceptors (Lipinski definition) is 3. The summed E-state index contributed by atoms with van der Waals surface area (Å²) in [6.45, 7) is 1.04. The van der Waals surface area contributed by atoms with Gasteiger partial charge in [-0.15, -0.1) is 0 Å². The first-order valence-corrected chi connectivity index (χ1v) is 8.25. The smallest absolute Gasteiger partial charge is 0.253 e. The molecular weight excluding hydrogens is 314 g/mol. The van der Waals surface area contributed by atoms with Crippen molar-refractivity contribution in [2.45, 2.75) is 13.2 Å². The molecule has 0 saturated heterocycles. The fourth-order valence-electron chi connectivity index (χ4n) is 3.20. The fraction of sp³-hybridized carbons (Fsp3) is 0.200. The Morgan fingerprint density at radius 3 is 2.68 bits per heavy atom. The van der Waals surface area contributed by atoms with Crippen LogP contribution in [-0.4, -0.2) is 22.3 Å². The summed E-state index contributed by atoms with van der Waals surface area (Å²) < 4.78 is 7.43. The number of hydrogen-bond donors (Lipinski definition) is 0. The summed E-state index contributed by atoms with van der Waals surface area (Å²) in [5.41, 5.74) is 5.11. The van der Waals surface area contributed by atoms with Crippen LogP contribution in [0.1, 0.15) is 11.1 Å². The van der Waals surface area contributed by atoms with Crippen LogP contribution in [0.15, 0.2) is 60.9 Å². The van der Waals surface area contributed by atoms with Crippen molar-refractivity contribution in [2.75, 3.05) is 11.5 Å². The predicted molar refractivity (Wildman–Crippen MR) is 95.9 cm³/mol. The third-order valence-corrected chi connectivity index (χ3v) is 4.41. The third kappa shape index (κ3) is 3.06. The van der Waals surface area contributed by atoms with Crippen molar-refractivity contribution in [2.24, 2.45) is 7.05 Å². The predicted octanol–water partition coefficient (Wildman–Crippen LogP) is 3.15. The van der Waals surface area contributed by atoms with Gasteiger partial charge in [-0.05, 0) is 17.2 Å². The lowest BCUT2D eigenvalue weighted by atomic mass is 10.00. The molecule has 0 unspecified atom stereocenters. The molecule has 0 aliphatic carbocycles. The van der Waals surface area contributed by atoms with Gasteiger partial charge in [-0.1, -0.05) is 42.5 Å². The standard InChI is InChI=1S/C20H19N3O2/c1-22-12-16(10-21-22)17-8-5-9-19-18(17)13-25-14-20(24)23(19)11-15-6-3-2-4-7-15/h2-10,12H,11,13-14H2,1H3. The van der Waals surface area contributed by atoms with E-state index in [2.05, 4.69) is 11.2 Å². The van der Waals surface area contributed by atoms with E-state index in [-0.39, 0.29) is 12.5 Å². The number of carbonyl (C=O) groups is 1. The van der Waals surface area contributed by atoms with Gasteiger partial charge in [0.1, 0.15) is 6.61 Å². The molecule has 0 saturated carbocycles. The number of rotatable bonds is 3. The molecule has 2 heterocycles. The highest BCUT2D eigenvalue weighted by atomic mass is 16.5. The Morgan fingerprint density at radius 1 is 1.08 bits per heavy atom. The number of anilines is 1. The van der Waals surface area contributed by atoms with Crippen LogP contribution in [0.3, 0.4) is 0 Å². The number of carbonyl (C=O) groups excluding carboxylic acids is 1. The van der Waals surface area contributed by atoms with Gasteiger partial charge in [-0.3, -0.25) is 9.48 Å². The fourth-order valence-corrected chi connectivity index (χ4v) is 3.20. The summed E-state index contributed by atoms with van der Waals surface area (Å²) >= 11 is 0. The number of aromatic nitrogens is 2. The molecule has 5 nitrogen and oxygen atoms in total. The number of amides is 1. The van der Waals surface area contributed by atoms with Gasteiger partial charge in [-0.25, -0.2) is 0 Å². The van der Waals surface area contributed by atoms with Crippen molar-refractivity contribution >= 4 is 11.6 Å². The van der Waals surface area contributed by atoms with E-state index >= 15 is 0 Å². The molecule has 4 rings (SSSR count). The highest BCUT2D eigenvalue weighted by Gasteiger charge is 2.25. The maximum absolute atomic E-state index is 12.6. The van der Waals surface area contributed by atoms with E-state index in [0.717, 1.165) is 27.9 Å². The van der Waals surface area contributed by atoms with Crippen molar-refractivity contribution < 1.29 is 9.53 Å². The molecule has 1 aliphatic rings. The second-order valence-corrected chi connectivity index (χ2v) is 6.16. The largest absolute Gasteiger partial charge is 0.367 e. The molecule has 3 aromatic rings. The maximum atomic E-state index is 12.6. The summed E-state index contributed by atoms with van der Waals surface area (Å²) in [5.74, 6) is -0.0223. The average Bonchev–Trinajstić information content (AvgIpc) is 3.00.